The van der Waals surface area contributed by atoms with Crippen LogP contribution in [0.2, 0.25) is 0 Å². The van der Waals surface area contributed by atoms with Gasteiger partial charge in [0.2, 0.25) is 0 Å². The topological polar surface area (TPSA) is 75.4 Å². The fourth-order valence-corrected chi connectivity index (χ4v) is 4.29. The van der Waals surface area contributed by atoms with E-state index in [-0.39, 0.29) is 18.0 Å². The van der Waals surface area contributed by atoms with E-state index < -0.39 is 10.0 Å². The lowest BCUT2D eigenvalue weighted by atomic mass is 10.2. The molecule has 0 saturated carbocycles. The first-order valence-electron chi connectivity index (χ1n) is 7.82. The van der Waals surface area contributed by atoms with Crippen LogP contribution in [0.4, 0.5) is 5.69 Å². The molecule has 1 heterocycles. The number of hydrogen-bond donors (Lipinski definition) is 1. The Morgan fingerprint density at radius 2 is 1.64 bits per heavy atom. The normalized spacial score (nSPS) is 11.4. The summed E-state index contributed by atoms with van der Waals surface area (Å²) in [6.07, 6.45) is 1.49. The molecule has 0 bridgehead atoms. The maximum absolute atomic E-state index is 13.3. The van der Waals surface area contributed by atoms with Gasteiger partial charge in [-0.05, 0) is 12.1 Å². The predicted molar refractivity (Wildman–Crippen MR) is 96.7 cm³/mol. The molecule has 0 amide bonds. The maximum Gasteiger partial charge on any atom is 0.268 e. The van der Waals surface area contributed by atoms with E-state index in [4.69, 9.17) is 0 Å². The van der Waals surface area contributed by atoms with Gasteiger partial charge >= 0.3 is 0 Å². The van der Waals surface area contributed by atoms with Gasteiger partial charge < -0.3 is 5.11 Å². The summed E-state index contributed by atoms with van der Waals surface area (Å²) in [7, 11) is -2.20. The molecule has 25 heavy (non-hydrogen) atoms. The Morgan fingerprint density at radius 3 is 2.24 bits per heavy atom. The molecule has 0 aliphatic rings. The van der Waals surface area contributed by atoms with Crippen LogP contribution >= 0.6 is 0 Å². The lowest BCUT2D eigenvalue weighted by Gasteiger charge is -2.23. The van der Waals surface area contributed by atoms with E-state index in [1.807, 2.05) is 36.4 Å². The first-order valence-corrected chi connectivity index (χ1v) is 9.26. The van der Waals surface area contributed by atoms with Crippen molar-refractivity contribution in [3.05, 3.63) is 66.9 Å². The van der Waals surface area contributed by atoms with Gasteiger partial charge in [0.05, 0.1) is 18.8 Å². The maximum atomic E-state index is 13.3. The smallest absolute Gasteiger partial charge is 0.268 e. The van der Waals surface area contributed by atoms with E-state index >= 15 is 0 Å². The van der Waals surface area contributed by atoms with Gasteiger partial charge in [-0.3, -0.25) is 8.99 Å². The predicted octanol–water partition coefficient (Wildman–Crippen LogP) is 2.27. The number of rotatable bonds is 6. The number of anilines is 1. The summed E-state index contributed by atoms with van der Waals surface area (Å²) in [4.78, 5) is 0.110. The number of para-hydroxylation sites is 1. The summed E-state index contributed by atoms with van der Waals surface area (Å²) >= 11 is 0. The lowest BCUT2D eigenvalue weighted by Crippen LogP contribution is -2.33. The van der Waals surface area contributed by atoms with E-state index in [0.717, 1.165) is 5.56 Å². The minimum absolute atomic E-state index is 0.0323. The van der Waals surface area contributed by atoms with Crippen molar-refractivity contribution in [1.82, 2.24) is 9.78 Å². The van der Waals surface area contributed by atoms with Gasteiger partial charge in [-0.25, -0.2) is 8.42 Å². The van der Waals surface area contributed by atoms with Gasteiger partial charge in [-0.2, -0.15) is 5.10 Å². The Balaban J connectivity index is 2.14. The molecule has 1 aromatic heterocycles. The second-order valence-corrected chi connectivity index (χ2v) is 7.35. The fourth-order valence-electron chi connectivity index (χ4n) is 2.64. The van der Waals surface area contributed by atoms with Crippen molar-refractivity contribution in [1.29, 1.82) is 0 Å². The van der Waals surface area contributed by atoms with Crippen LogP contribution in [0.15, 0.2) is 71.8 Å². The standard InChI is InChI=1S/C18H19N3O3S/c1-20-14-17(18(19-20)15-8-4-2-5-9-15)25(23,24)21(12-13-22)16-10-6-3-7-11-16/h2-11,14,22H,12-13H2,1H3. The minimum Gasteiger partial charge on any atom is -0.394 e. The number of benzene rings is 2. The van der Waals surface area contributed by atoms with Crippen LogP contribution in [-0.2, 0) is 17.1 Å². The van der Waals surface area contributed by atoms with Gasteiger partial charge in [0.25, 0.3) is 10.0 Å². The average molecular weight is 357 g/mol. The highest BCUT2D eigenvalue weighted by molar-refractivity contribution is 7.93. The van der Waals surface area contributed by atoms with Crippen molar-refractivity contribution in [2.75, 3.05) is 17.5 Å². The van der Waals surface area contributed by atoms with Gasteiger partial charge in [-0.15, -0.1) is 0 Å². The average Bonchev–Trinajstić information content (AvgIpc) is 3.04. The largest absolute Gasteiger partial charge is 0.394 e. The summed E-state index contributed by atoms with van der Waals surface area (Å²) < 4.78 is 29.3. The van der Waals surface area contributed by atoms with Crippen molar-refractivity contribution >= 4 is 15.7 Å². The molecule has 7 heteroatoms. The first kappa shape index (κ1) is 17.2. The van der Waals surface area contributed by atoms with E-state index in [2.05, 4.69) is 5.10 Å². The minimum atomic E-state index is -3.88. The molecule has 0 radical (unpaired) electrons. The molecule has 0 unspecified atom stereocenters. The second-order valence-electron chi connectivity index (χ2n) is 5.52. The fraction of sp³-hybridized carbons (Fsp3) is 0.167. The van der Waals surface area contributed by atoms with Gasteiger partial charge in [0, 0.05) is 18.8 Å². The third kappa shape index (κ3) is 3.42. The Bertz CT molecular complexity index is 938. The number of aliphatic hydroxyl groups is 1. The third-order valence-corrected chi connectivity index (χ3v) is 5.59. The molecular weight excluding hydrogens is 338 g/mol. The zero-order valence-corrected chi connectivity index (χ0v) is 14.6. The summed E-state index contributed by atoms with van der Waals surface area (Å²) in [6.45, 7) is -0.315. The molecule has 0 aliphatic carbocycles. The SMILES string of the molecule is Cn1cc(S(=O)(=O)N(CCO)c2ccccc2)c(-c2ccccc2)n1. The molecule has 3 aromatic rings. The Kier molecular flexibility index (Phi) is 4.87. The van der Waals surface area contributed by atoms with Crippen LogP contribution < -0.4 is 4.31 Å². The summed E-state index contributed by atoms with van der Waals surface area (Å²) in [5.74, 6) is 0. The highest BCUT2D eigenvalue weighted by atomic mass is 32.2. The quantitative estimate of drug-likeness (QED) is 0.734. The molecule has 0 spiro atoms. The van der Waals surface area contributed by atoms with Crippen molar-refractivity contribution in [3.63, 3.8) is 0 Å². The number of nitrogens with zero attached hydrogens (tertiary/aromatic N) is 3. The zero-order valence-electron chi connectivity index (χ0n) is 13.8. The highest BCUT2D eigenvalue weighted by Gasteiger charge is 2.30. The van der Waals surface area contributed by atoms with E-state index in [1.165, 1.54) is 15.2 Å². The molecule has 1 N–H and O–H groups in total. The number of aromatic nitrogens is 2. The molecule has 0 fully saturated rings. The van der Waals surface area contributed by atoms with Crippen LogP contribution in [0.5, 0.6) is 0 Å². The Hall–Kier alpha value is -2.64. The number of hydrogen-bond acceptors (Lipinski definition) is 4. The van der Waals surface area contributed by atoms with Crippen LogP contribution in [0.25, 0.3) is 11.3 Å². The van der Waals surface area contributed by atoms with Crippen molar-refractivity contribution in [2.45, 2.75) is 4.90 Å². The first-order chi connectivity index (χ1) is 12.0. The molecule has 3 rings (SSSR count). The van der Waals surface area contributed by atoms with Crippen LogP contribution in [-0.4, -0.2) is 36.5 Å². The molecule has 0 aliphatic heterocycles. The van der Waals surface area contributed by atoms with Crippen LogP contribution in [0, 0.1) is 0 Å². The van der Waals surface area contributed by atoms with E-state index in [9.17, 15) is 13.5 Å². The third-order valence-electron chi connectivity index (χ3n) is 3.76. The Morgan fingerprint density at radius 1 is 1.04 bits per heavy atom. The monoisotopic (exact) mass is 357 g/mol. The lowest BCUT2D eigenvalue weighted by molar-refractivity contribution is 0.306. The molecular formula is C18H19N3O3S. The molecule has 6 nitrogen and oxygen atoms in total. The molecule has 2 aromatic carbocycles. The number of aryl methyl sites for hydroxylation is 1. The van der Waals surface area contributed by atoms with Crippen LogP contribution in [0.1, 0.15) is 0 Å². The number of sulfonamides is 1. The molecule has 0 saturated heterocycles. The van der Waals surface area contributed by atoms with Crippen molar-refractivity contribution in [3.8, 4) is 11.3 Å². The molecule has 130 valence electrons. The van der Waals surface area contributed by atoms with E-state index in [0.29, 0.717) is 11.4 Å². The number of aliphatic hydroxyl groups excluding tert-OH is 1. The zero-order chi connectivity index (χ0) is 17.9. The van der Waals surface area contributed by atoms with Gasteiger partial charge in [0.1, 0.15) is 10.6 Å². The van der Waals surface area contributed by atoms with Gasteiger partial charge in [-0.1, -0.05) is 48.5 Å². The van der Waals surface area contributed by atoms with Gasteiger partial charge in [0.15, 0.2) is 0 Å². The summed E-state index contributed by atoms with van der Waals surface area (Å²) in [6, 6.07) is 17.9. The van der Waals surface area contributed by atoms with Crippen molar-refractivity contribution < 1.29 is 13.5 Å². The summed E-state index contributed by atoms with van der Waals surface area (Å²) in [5, 5.41) is 13.7. The second kappa shape index (κ2) is 7.08. The summed E-state index contributed by atoms with van der Waals surface area (Å²) in [5.41, 5.74) is 1.61. The van der Waals surface area contributed by atoms with Crippen molar-refractivity contribution in [2.24, 2.45) is 7.05 Å². The van der Waals surface area contributed by atoms with E-state index in [1.54, 1.807) is 31.3 Å². The van der Waals surface area contributed by atoms with Crippen LogP contribution in [0.3, 0.4) is 0 Å². The highest BCUT2D eigenvalue weighted by Crippen LogP contribution is 2.30. The molecule has 0 atom stereocenters. The Labute approximate surface area is 147 Å².